The molecule has 0 aliphatic heterocycles. The van der Waals surface area contributed by atoms with E-state index in [1.165, 1.54) is 0 Å². The Morgan fingerprint density at radius 1 is 1.25 bits per heavy atom. The van der Waals surface area contributed by atoms with E-state index < -0.39 is 0 Å². The van der Waals surface area contributed by atoms with Gasteiger partial charge in [0.1, 0.15) is 5.76 Å². The zero-order valence-electron chi connectivity index (χ0n) is 11.2. The number of nitrogens with zero attached hydrogens (tertiary/aromatic N) is 2. The largest absolute Gasteiger partial charge is 0.469 e. The number of anilines is 2. The molecule has 3 N–H and O–H groups in total. The first-order valence-corrected chi connectivity index (χ1v) is 6.53. The summed E-state index contributed by atoms with van der Waals surface area (Å²) >= 11 is 0. The van der Waals surface area contributed by atoms with Crippen LogP contribution in [0.4, 0.5) is 11.4 Å². The highest BCUT2D eigenvalue weighted by molar-refractivity contribution is 5.95. The van der Waals surface area contributed by atoms with Gasteiger partial charge in [-0.15, -0.1) is 0 Å². The van der Waals surface area contributed by atoms with E-state index in [1.807, 2.05) is 18.2 Å². The van der Waals surface area contributed by atoms with E-state index in [0.29, 0.717) is 16.7 Å². The van der Waals surface area contributed by atoms with Crippen LogP contribution in [0.25, 0.3) is 11.0 Å². The van der Waals surface area contributed by atoms with E-state index in [-0.39, 0.29) is 6.04 Å². The number of aryl methyl sites for hydroxylation is 1. The molecule has 3 rings (SSSR count). The molecule has 6 nitrogen and oxygen atoms in total. The highest BCUT2D eigenvalue weighted by Gasteiger charge is 2.12. The summed E-state index contributed by atoms with van der Waals surface area (Å²) < 4.78 is 10.1. The first-order chi connectivity index (χ1) is 9.74. The SMILES string of the molecule is CC(CCc1ccco1)Nc1ccc(N)c2nonc12. The second kappa shape index (κ2) is 5.24. The van der Waals surface area contributed by atoms with E-state index in [0.717, 1.165) is 24.3 Å². The van der Waals surface area contributed by atoms with Crippen molar-refractivity contribution in [3.05, 3.63) is 36.3 Å². The van der Waals surface area contributed by atoms with Gasteiger partial charge in [0.05, 0.1) is 17.6 Å². The number of hydrogen-bond acceptors (Lipinski definition) is 6. The third-order valence-electron chi connectivity index (χ3n) is 3.25. The molecule has 0 aliphatic rings. The van der Waals surface area contributed by atoms with Gasteiger partial charge in [0.25, 0.3) is 0 Å². The Bertz CT molecular complexity index is 690. The summed E-state index contributed by atoms with van der Waals surface area (Å²) in [5.41, 5.74) is 8.52. The van der Waals surface area contributed by atoms with Crippen molar-refractivity contribution >= 4 is 22.4 Å². The summed E-state index contributed by atoms with van der Waals surface area (Å²) in [5.74, 6) is 0.990. The zero-order valence-corrected chi connectivity index (χ0v) is 11.2. The van der Waals surface area contributed by atoms with Crippen molar-refractivity contribution in [3.8, 4) is 0 Å². The molecule has 1 atom stereocenters. The average Bonchev–Trinajstić information content (AvgIpc) is 3.10. The van der Waals surface area contributed by atoms with Gasteiger partial charge in [0.15, 0.2) is 11.0 Å². The molecule has 104 valence electrons. The number of nitrogens with one attached hydrogen (secondary N) is 1. The van der Waals surface area contributed by atoms with E-state index in [4.69, 9.17) is 14.8 Å². The van der Waals surface area contributed by atoms with Crippen LogP contribution in [0.3, 0.4) is 0 Å². The zero-order chi connectivity index (χ0) is 13.9. The monoisotopic (exact) mass is 272 g/mol. The average molecular weight is 272 g/mol. The van der Waals surface area contributed by atoms with Crippen LogP contribution in [-0.4, -0.2) is 16.4 Å². The van der Waals surface area contributed by atoms with E-state index in [1.54, 1.807) is 12.3 Å². The predicted molar refractivity (Wildman–Crippen MR) is 76.3 cm³/mol. The van der Waals surface area contributed by atoms with Crippen LogP contribution in [0.15, 0.2) is 39.6 Å². The van der Waals surface area contributed by atoms with Crippen molar-refractivity contribution in [1.82, 2.24) is 10.3 Å². The Hall–Kier alpha value is -2.50. The van der Waals surface area contributed by atoms with Crippen molar-refractivity contribution in [1.29, 1.82) is 0 Å². The molecule has 0 saturated carbocycles. The highest BCUT2D eigenvalue weighted by atomic mass is 16.6. The molecular formula is C14H16N4O2. The second-order valence-corrected chi connectivity index (χ2v) is 4.83. The number of fused-ring (bicyclic) bond motifs is 1. The van der Waals surface area contributed by atoms with Gasteiger partial charge in [0.2, 0.25) is 0 Å². The normalized spacial score (nSPS) is 12.7. The van der Waals surface area contributed by atoms with Crippen LogP contribution < -0.4 is 11.1 Å². The maximum atomic E-state index is 5.82. The maximum absolute atomic E-state index is 5.82. The molecule has 0 saturated heterocycles. The molecule has 20 heavy (non-hydrogen) atoms. The fraction of sp³-hybridized carbons (Fsp3) is 0.286. The summed E-state index contributed by atoms with van der Waals surface area (Å²) in [5, 5.41) is 11.1. The van der Waals surface area contributed by atoms with Crippen LogP contribution in [0.1, 0.15) is 19.1 Å². The van der Waals surface area contributed by atoms with Crippen molar-refractivity contribution < 1.29 is 9.05 Å². The number of hydrogen-bond donors (Lipinski definition) is 2. The fourth-order valence-electron chi connectivity index (χ4n) is 2.15. The molecule has 1 unspecified atom stereocenters. The van der Waals surface area contributed by atoms with Crippen LogP contribution >= 0.6 is 0 Å². The van der Waals surface area contributed by atoms with Crippen LogP contribution in [-0.2, 0) is 6.42 Å². The molecule has 0 bridgehead atoms. The van der Waals surface area contributed by atoms with Crippen molar-refractivity contribution in [2.45, 2.75) is 25.8 Å². The highest BCUT2D eigenvalue weighted by Crippen LogP contribution is 2.26. The van der Waals surface area contributed by atoms with Crippen molar-refractivity contribution in [2.75, 3.05) is 11.1 Å². The van der Waals surface area contributed by atoms with E-state index in [2.05, 4.69) is 22.6 Å². The lowest BCUT2D eigenvalue weighted by atomic mass is 10.1. The molecule has 2 heterocycles. The van der Waals surface area contributed by atoms with E-state index >= 15 is 0 Å². The number of benzene rings is 1. The maximum Gasteiger partial charge on any atom is 0.160 e. The lowest BCUT2D eigenvalue weighted by Crippen LogP contribution is -2.16. The van der Waals surface area contributed by atoms with Crippen molar-refractivity contribution in [3.63, 3.8) is 0 Å². The van der Waals surface area contributed by atoms with Crippen LogP contribution in [0.2, 0.25) is 0 Å². The summed E-state index contributed by atoms with van der Waals surface area (Å²) in [6.07, 6.45) is 3.53. The van der Waals surface area contributed by atoms with Gasteiger partial charge >= 0.3 is 0 Å². The number of nitrogen functional groups attached to an aromatic ring is 1. The summed E-state index contributed by atoms with van der Waals surface area (Å²) in [7, 11) is 0. The van der Waals surface area contributed by atoms with Gasteiger partial charge in [-0.25, -0.2) is 4.63 Å². The fourth-order valence-corrected chi connectivity index (χ4v) is 2.15. The minimum absolute atomic E-state index is 0.267. The first-order valence-electron chi connectivity index (χ1n) is 6.53. The van der Waals surface area contributed by atoms with Gasteiger partial charge in [-0.3, -0.25) is 0 Å². The standard InChI is InChI=1S/C14H16N4O2/c1-9(4-5-10-3-2-8-19-10)16-12-7-6-11(15)13-14(12)18-20-17-13/h2-3,6-9,16H,4-5,15H2,1H3. The number of rotatable bonds is 5. The summed E-state index contributed by atoms with van der Waals surface area (Å²) in [6, 6.07) is 7.84. The number of furan rings is 1. The molecular weight excluding hydrogens is 256 g/mol. The van der Waals surface area contributed by atoms with Gasteiger partial charge in [0, 0.05) is 12.5 Å². The Balaban J connectivity index is 1.69. The minimum atomic E-state index is 0.267. The Labute approximate surface area is 115 Å². The van der Waals surface area contributed by atoms with Crippen LogP contribution in [0.5, 0.6) is 0 Å². The van der Waals surface area contributed by atoms with Crippen molar-refractivity contribution in [2.24, 2.45) is 0 Å². The lowest BCUT2D eigenvalue weighted by molar-refractivity contribution is 0.315. The lowest BCUT2D eigenvalue weighted by Gasteiger charge is -2.14. The molecule has 0 spiro atoms. The minimum Gasteiger partial charge on any atom is -0.469 e. The van der Waals surface area contributed by atoms with Gasteiger partial charge in [-0.05, 0) is 47.9 Å². The molecule has 1 aromatic carbocycles. The Morgan fingerprint density at radius 2 is 2.10 bits per heavy atom. The molecule has 6 heteroatoms. The molecule has 2 aromatic heterocycles. The molecule has 0 fully saturated rings. The predicted octanol–water partition coefficient (Wildman–Crippen LogP) is 2.83. The van der Waals surface area contributed by atoms with Gasteiger partial charge < -0.3 is 15.5 Å². The van der Waals surface area contributed by atoms with Gasteiger partial charge in [-0.2, -0.15) is 0 Å². The number of aromatic nitrogens is 2. The topological polar surface area (TPSA) is 90.1 Å². The molecule has 0 amide bonds. The molecule has 3 aromatic rings. The second-order valence-electron chi connectivity index (χ2n) is 4.83. The molecule has 0 radical (unpaired) electrons. The van der Waals surface area contributed by atoms with E-state index in [9.17, 15) is 0 Å². The summed E-state index contributed by atoms with van der Waals surface area (Å²) in [4.78, 5) is 0. The summed E-state index contributed by atoms with van der Waals surface area (Å²) in [6.45, 7) is 2.11. The van der Waals surface area contributed by atoms with Gasteiger partial charge in [-0.1, -0.05) is 0 Å². The first kappa shape index (κ1) is 12.5. The third-order valence-corrected chi connectivity index (χ3v) is 3.25. The Kier molecular flexibility index (Phi) is 3.28. The third kappa shape index (κ3) is 2.45. The van der Waals surface area contributed by atoms with Crippen LogP contribution in [0, 0.1) is 0 Å². The number of nitrogens with two attached hydrogens (primary N) is 1. The smallest absolute Gasteiger partial charge is 0.160 e. The Morgan fingerprint density at radius 3 is 2.90 bits per heavy atom. The quantitative estimate of drug-likeness (QED) is 0.694. The molecule has 0 aliphatic carbocycles.